The molecule has 3 heterocycles. The Morgan fingerprint density at radius 3 is 2.59 bits per heavy atom. The average molecular weight is 433 g/mol. The molecule has 1 N–H and O–H groups in total. The summed E-state index contributed by atoms with van der Waals surface area (Å²) in [6, 6.07) is 8.66. The molecule has 0 aliphatic carbocycles. The number of carbonyl (C=O) groups is 1. The van der Waals surface area contributed by atoms with E-state index in [0.717, 1.165) is 23.2 Å². The zero-order chi connectivity index (χ0) is 22.2. The average Bonchev–Trinajstić information content (AvgIpc) is 3.41. The largest absolute Gasteiger partial charge is 0.423 e. The number of anilines is 1. The number of nitrogens with one attached hydrogen (secondary N) is 1. The molecule has 2 aromatic carbocycles. The predicted molar refractivity (Wildman–Crippen MR) is 109 cm³/mol. The van der Waals surface area contributed by atoms with Gasteiger partial charge in [-0.1, -0.05) is 6.07 Å². The maximum atomic E-state index is 13.8. The molecule has 5 rings (SSSR count). The quantitative estimate of drug-likeness (QED) is 0.460. The number of aromatic nitrogens is 6. The number of aryl methyl sites for hydroxylation is 1. The molecule has 0 unspecified atom stereocenters. The van der Waals surface area contributed by atoms with Gasteiger partial charge in [-0.2, -0.15) is 0 Å². The van der Waals surface area contributed by atoms with Gasteiger partial charge in [0.15, 0.2) is 11.6 Å². The fourth-order valence-electron chi connectivity index (χ4n) is 3.32. The Labute approximate surface area is 178 Å². The number of rotatable bonds is 4. The van der Waals surface area contributed by atoms with Gasteiger partial charge in [-0.25, -0.2) is 23.7 Å². The van der Waals surface area contributed by atoms with Crippen LogP contribution in [0.15, 0.2) is 59.6 Å². The first-order chi connectivity index (χ1) is 15.5. The molecule has 0 aliphatic rings. The minimum Gasteiger partial charge on any atom is -0.423 e. The molecule has 1 amide bonds. The summed E-state index contributed by atoms with van der Waals surface area (Å²) < 4.78 is 34.6. The summed E-state index contributed by atoms with van der Waals surface area (Å²) in [4.78, 5) is 25.2. The van der Waals surface area contributed by atoms with Crippen LogP contribution in [0.4, 0.5) is 14.6 Å². The minimum absolute atomic E-state index is 0.0437. The van der Waals surface area contributed by atoms with Crippen molar-refractivity contribution in [1.82, 2.24) is 29.7 Å². The van der Waals surface area contributed by atoms with Crippen molar-refractivity contribution < 1.29 is 18.0 Å². The van der Waals surface area contributed by atoms with Crippen LogP contribution in [0.5, 0.6) is 0 Å². The lowest BCUT2D eigenvalue weighted by Gasteiger charge is -2.08. The molecule has 11 heteroatoms. The van der Waals surface area contributed by atoms with Crippen LogP contribution in [0.2, 0.25) is 0 Å². The third kappa shape index (κ3) is 3.35. The molecule has 32 heavy (non-hydrogen) atoms. The SMILES string of the molecule is Cc1nc2cc(-c3nnco3)ccc2n1-c1cnc(NC(=O)c2c(F)cccc2F)cn1. The lowest BCUT2D eigenvalue weighted by molar-refractivity contribution is 0.101. The van der Waals surface area contributed by atoms with Crippen LogP contribution in [-0.4, -0.2) is 35.6 Å². The second-order valence-electron chi connectivity index (χ2n) is 6.75. The number of imidazole rings is 1. The van der Waals surface area contributed by atoms with E-state index in [1.54, 1.807) is 4.57 Å². The minimum atomic E-state index is -0.965. The maximum absolute atomic E-state index is 13.8. The van der Waals surface area contributed by atoms with Gasteiger partial charge in [0.1, 0.15) is 23.0 Å². The molecule has 0 radical (unpaired) electrons. The number of benzene rings is 2. The molecule has 0 saturated carbocycles. The smallest absolute Gasteiger partial charge is 0.262 e. The lowest BCUT2D eigenvalue weighted by Crippen LogP contribution is -2.17. The first-order valence-electron chi connectivity index (χ1n) is 9.34. The van der Waals surface area contributed by atoms with E-state index in [9.17, 15) is 13.6 Å². The van der Waals surface area contributed by atoms with E-state index in [2.05, 4.69) is 30.5 Å². The van der Waals surface area contributed by atoms with Crippen LogP contribution in [0.3, 0.4) is 0 Å². The number of fused-ring (bicyclic) bond motifs is 1. The number of nitrogens with zero attached hydrogens (tertiary/aromatic N) is 6. The maximum Gasteiger partial charge on any atom is 0.262 e. The summed E-state index contributed by atoms with van der Waals surface area (Å²) >= 11 is 0. The Morgan fingerprint density at radius 2 is 1.91 bits per heavy atom. The Kier molecular flexibility index (Phi) is 4.62. The highest BCUT2D eigenvalue weighted by Crippen LogP contribution is 2.25. The summed E-state index contributed by atoms with van der Waals surface area (Å²) in [6.45, 7) is 1.81. The molecule has 0 atom stereocenters. The summed E-state index contributed by atoms with van der Waals surface area (Å²) in [5, 5.41) is 9.91. The van der Waals surface area contributed by atoms with Crippen molar-refractivity contribution in [3.63, 3.8) is 0 Å². The number of amides is 1. The van der Waals surface area contributed by atoms with E-state index in [4.69, 9.17) is 4.42 Å². The highest BCUT2D eigenvalue weighted by Gasteiger charge is 2.18. The second kappa shape index (κ2) is 7.61. The van der Waals surface area contributed by atoms with Crippen molar-refractivity contribution in [2.24, 2.45) is 0 Å². The Bertz CT molecular complexity index is 1430. The molecular formula is C21H13F2N7O2. The van der Waals surface area contributed by atoms with Gasteiger partial charge in [0.2, 0.25) is 12.3 Å². The second-order valence-corrected chi connectivity index (χ2v) is 6.75. The van der Waals surface area contributed by atoms with Crippen molar-refractivity contribution >= 4 is 22.8 Å². The zero-order valence-electron chi connectivity index (χ0n) is 16.5. The third-order valence-electron chi connectivity index (χ3n) is 4.73. The Morgan fingerprint density at radius 1 is 1.09 bits per heavy atom. The molecular weight excluding hydrogens is 420 g/mol. The van der Waals surface area contributed by atoms with E-state index in [-0.39, 0.29) is 5.82 Å². The predicted octanol–water partition coefficient (Wildman–Crippen LogP) is 3.70. The summed E-state index contributed by atoms with van der Waals surface area (Å²) in [5.74, 6) is -1.36. The van der Waals surface area contributed by atoms with Crippen molar-refractivity contribution in [1.29, 1.82) is 0 Å². The van der Waals surface area contributed by atoms with E-state index >= 15 is 0 Å². The zero-order valence-corrected chi connectivity index (χ0v) is 16.5. The van der Waals surface area contributed by atoms with E-state index in [0.29, 0.717) is 23.0 Å². The third-order valence-corrected chi connectivity index (χ3v) is 4.73. The Hall–Kier alpha value is -4.54. The summed E-state index contributed by atoms with van der Waals surface area (Å²) in [5.41, 5.74) is 1.49. The van der Waals surface area contributed by atoms with Gasteiger partial charge in [0.05, 0.1) is 23.4 Å². The standard InChI is InChI=1S/C21H13F2N7O2/c1-11-27-15-7-12(21-29-26-10-32-21)5-6-16(15)30(11)18-9-24-17(8-25-18)28-20(31)19-13(22)3-2-4-14(19)23/h2-10H,1H3,(H,24,28,31). The molecule has 0 aliphatic heterocycles. The highest BCUT2D eigenvalue weighted by molar-refractivity contribution is 6.04. The van der Waals surface area contributed by atoms with Gasteiger partial charge in [0, 0.05) is 5.56 Å². The van der Waals surface area contributed by atoms with Gasteiger partial charge < -0.3 is 9.73 Å². The summed E-state index contributed by atoms with van der Waals surface area (Å²) in [6.07, 6.45) is 3.97. The molecule has 158 valence electrons. The van der Waals surface area contributed by atoms with E-state index < -0.39 is 23.1 Å². The summed E-state index contributed by atoms with van der Waals surface area (Å²) in [7, 11) is 0. The first kappa shape index (κ1) is 19.4. The first-order valence-corrected chi connectivity index (χ1v) is 9.34. The highest BCUT2D eigenvalue weighted by atomic mass is 19.1. The molecule has 0 spiro atoms. The normalized spacial score (nSPS) is 11.1. The number of halogens is 2. The monoisotopic (exact) mass is 433 g/mol. The fourth-order valence-corrected chi connectivity index (χ4v) is 3.32. The van der Waals surface area contributed by atoms with Crippen LogP contribution >= 0.6 is 0 Å². The van der Waals surface area contributed by atoms with Gasteiger partial charge in [-0.3, -0.25) is 9.36 Å². The van der Waals surface area contributed by atoms with Crippen molar-refractivity contribution in [2.45, 2.75) is 6.92 Å². The fraction of sp³-hybridized carbons (Fsp3) is 0.0476. The number of carbonyl (C=O) groups excluding carboxylic acids is 1. The van der Waals surface area contributed by atoms with Crippen LogP contribution in [0.1, 0.15) is 16.2 Å². The van der Waals surface area contributed by atoms with E-state index in [1.807, 2.05) is 25.1 Å². The molecule has 3 aromatic heterocycles. The Balaban J connectivity index is 1.44. The van der Waals surface area contributed by atoms with Gasteiger partial charge in [0.25, 0.3) is 5.91 Å². The van der Waals surface area contributed by atoms with Crippen LogP contribution in [0.25, 0.3) is 28.3 Å². The molecule has 0 bridgehead atoms. The van der Waals surface area contributed by atoms with Crippen molar-refractivity contribution in [3.05, 3.63) is 78.2 Å². The lowest BCUT2D eigenvalue weighted by atomic mass is 10.2. The molecule has 0 fully saturated rings. The van der Waals surface area contributed by atoms with Gasteiger partial charge >= 0.3 is 0 Å². The van der Waals surface area contributed by atoms with Gasteiger partial charge in [-0.15, -0.1) is 10.2 Å². The number of hydrogen-bond donors (Lipinski definition) is 1. The molecule has 9 nitrogen and oxygen atoms in total. The van der Waals surface area contributed by atoms with Crippen LogP contribution in [-0.2, 0) is 0 Å². The number of hydrogen-bond acceptors (Lipinski definition) is 7. The van der Waals surface area contributed by atoms with Crippen LogP contribution in [0, 0.1) is 18.6 Å². The molecule has 0 saturated heterocycles. The van der Waals surface area contributed by atoms with Gasteiger partial charge in [-0.05, 0) is 37.3 Å². The van der Waals surface area contributed by atoms with Crippen molar-refractivity contribution in [2.75, 3.05) is 5.32 Å². The van der Waals surface area contributed by atoms with Crippen molar-refractivity contribution in [3.8, 4) is 17.3 Å². The van der Waals surface area contributed by atoms with Crippen LogP contribution < -0.4 is 5.32 Å². The van der Waals surface area contributed by atoms with E-state index in [1.165, 1.54) is 24.9 Å². The topological polar surface area (TPSA) is 112 Å². The molecule has 5 aromatic rings.